The number of carbonyl (C=O) groups excluding carboxylic acids is 1. The third-order valence-electron chi connectivity index (χ3n) is 4.17. The second kappa shape index (κ2) is 7.23. The van der Waals surface area contributed by atoms with Crippen molar-refractivity contribution in [1.29, 1.82) is 0 Å². The van der Waals surface area contributed by atoms with Crippen LogP contribution >= 0.6 is 15.9 Å². The molecule has 1 fully saturated rings. The Morgan fingerprint density at radius 3 is 2.60 bits per heavy atom. The van der Waals surface area contributed by atoms with E-state index in [-0.39, 0.29) is 11.8 Å². The fourth-order valence-corrected chi connectivity index (χ4v) is 3.26. The van der Waals surface area contributed by atoms with Gasteiger partial charge in [-0.15, -0.1) is 0 Å². The van der Waals surface area contributed by atoms with Crippen LogP contribution < -0.4 is 5.73 Å². The highest BCUT2D eigenvalue weighted by molar-refractivity contribution is 9.10. The molecule has 3 nitrogen and oxygen atoms in total. The van der Waals surface area contributed by atoms with Crippen molar-refractivity contribution in [1.82, 2.24) is 4.90 Å². The van der Waals surface area contributed by atoms with E-state index in [1.807, 2.05) is 30.1 Å². The van der Waals surface area contributed by atoms with Crippen molar-refractivity contribution in [2.24, 2.45) is 11.7 Å². The van der Waals surface area contributed by atoms with Gasteiger partial charge in [-0.25, -0.2) is 0 Å². The SMILES string of the molecule is CN(CCc1ccccc1Br)C(=O)C1CCC(N)CC1. The summed E-state index contributed by atoms with van der Waals surface area (Å²) in [6.07, 6.45) is 4.73. The molecule has 1 aliphatic rings. The predicted octanol–water partition coefficient (Wildman–Crippen LogP) is 2.97. The minimum atomic E-state index is 0.180. The van der Waals surface area contributed by atoms with Crippen molar-refractivity contribution < 1.29 is 4.79 Å². The molecule has 0 spiro atoms. The number of amides is 1. The summed E-state index contributed by atoms with van der Waals surface area (Å²) >= 11 is 3.55. The molecule has 0 aliphatic heterocycles. The van der Waals surface area contributed by atoms with Gasteiger partial charge in [-0.2, -0.15) is 0 Å². The van der Waals surface area contributed by atoms with E-state index in [1.54, 1.807) is 0 Å². The Balaban J connectivity index is 1.84. The lowest BCUT2D eigenvalue weighted by Gasteiger charge is -2.29. The van der Waals surface area contributed by atoms with Gasteiger partial charge in [0, 0.05) is 30.0 Å². The van der Waals surface area contributed by atoms with Gasteiger partial charge in [0.15, 0.2) is 0 Å². The van der Waals surface area contributed by atoms with Crippen LogP contribution in [0.4, 0.5) is 0 Å². The number of nitrogens with two attached hydrogens (primary N) is 1. The summed E-state index contributed by atoms with van der Waals surface area (Å²) in [4.78, 5) is 14.3. The van der Waals surface area contributed by atoms with Gasteiger partial charge in [0.1, 0.15) is 0 Å². The van der Waals surface area contributed by atoms with Gasteiger partial charge in [-0.05, 0) is 43.7 Å². The van der Waals surface area contributed by atoms with Gasteiger partial charge >= 0.3 is 0 Å². The Morgan fingerprint density at radius 2 is 1.95 bits per heavy atom. The van der Waals surface area contributed by atoms with Crippen LogP contribution in [-0.2, 0) is 11.2 Å². The Bertz CT molecular complexity index is 456. The summed E-state index contributed by atoms with van der Waals surface area (Å²) in [5.74, 6) is 0.461. The van der Waals surface area contributed by atoms with Gasteiger partial charge in [0.2, 0.25) is 5.91 Å². The fourth-order valence-electron chi connectivity index (χ4n) is 2.78. The van der Waals surface area contributed by atoms with Crippen LogP contribution in [0.25, 0.3) is 0 Å². The molecule has 0 bridgehead atoms. The fraction of sp³-hybridized carbons (Fsp3) is 0.562. The topological polar surface area (TPSA) is 46.3 Å². The van der Waals surface area contributed by atoms with Crippen molar-refractivity contribution in [3.05, 3.63) is 34.3 Å². The van der Waals surface area contributed by atoms with Crippen molar-refractivity contribution in [3.63, 3.8) is 0 Å². The number of likely N-dealkylation sites (N-methyl/N-ethyl adjacent to an activating group) is 1. The molecule has 1 aliphatic carbocycles. The molecule has 1 aromatic rings. The van der Waals surface area contributed by atoms with Crippen LogP contribution in [0, 0.1) is 5.92 Å². The molecule has 1 aromatic carbocycles. The lowest BCUT2D eigenvalue weighted by atomic mass is 9.85. The van der Waals surface area contributed by atoms with Crippen LogP contribution in [0.15, 0.2) is 28.7 Å². The monoisotopic (exact) mass is 338 g/mol. The van der Waals surface area contributed by atoms with E-state index in [2.05, 4.69) is 22.0 Å². The molecule has 0 atom stereocenters. The molecule has 110 valence electrons. The lowest BCUT2D eigenvalue weighted by molar-refractivity contribution is -0.135. The summed E-state index contributed by atoms with van der Waals surface area (Å²) in [6, 6.07) is 8.48. The minimum absolute atomic E-state index is 0.180. The first-order valence-electron chi connectivity index (χ1n) is 7.32. The third kappa shape index (κ3) is 4.06. The Hall–Kier alpha value is -0.870. The van der Waals surface area contributed by atoms with Gasteiger partial charge in [-0.1, -0.05) is 34.1 Å². The molecule has 0 unspecified atom stereocenters. The summed E-state index contributed by atoms with van der Waals surface area (Å²) in [5, 5.41) is 0. The molecule has 0 radical (unpaired) electrons. The molecule has 0 aromatic heterocycles. The van der Waals surface area contributed by atoms with Crippen LogP contribution in [0.2, 0.25) is 0 Å². The number of carbonyl (C=O) groups is 1. The largest absolute Gasteiger partial charge is 0.345 e. The zero-order valence-electron chi connectivity index (χ0n) is 12.0. The molecule has 1 amide bonds. The molecule has 0 saturated heterocycles. The summed E-state index contributed by atoms with van der Waals surface area (Å²) in [6.45, 7) is 0.768. The van der Waals surface area contributed by atoms with Crippen molar-refractivity contribution >= 4 is 21.8 Å². The van der Waals surface area contributed by atoms with Gasteiger partial charge in [0.25, 0.3) is 0 Å². The van der Waals surface area contributed by atoms with Gasteiger partial charge < -0.3 is 10.6 Å². The van der Waals surface area contributed by atoms with Crippen molar-refractivity contribution in [3.8, 4) is 0 Å². The average Bonchev–Trinajstić information content (AvgIpc) is 2.46. The molecular formula is C16H23BrN2O. The molecule has 4 heteroatoms. The van der Waals surface area contributed by atoms with Gasteiger partial charge in [-0.3, -0.25) is 4.79 Å². The van der Waals surface area contributed by atoms with Crippen molar-refractivity contribution in [2.75, 3.05) is 13.6 Å². The first-order valence-corrected chi connectivity index (χ1v) is 8.11. The number of rotatable bonds is 4. The number of nitrogens with zero attached hydrogens (tertiary/aromatic N) is 1. The Morgan fingerprint density at radius 1 is 1.30 bits per heavy atom. The van der Waals surface area contributed by atoms with Crippen LogP contribution in [0.3, 0.4) is 0 Å². The van der Waals surface area contributed by atoms with Crippen LogP contribution in [-0.4, -0.2) is 30.4 Å². The molecule has 0 heterocycles. The molecule has 2 N–H and O–H groups in total. The quantitative estimate of drug-likeness (QED) is 0.917. The minimum Gasteiger partial charge on any atom is -0.345 e. The maximum absolute atomic E-state index is 12.4. The Kier molecular flexibility index (Phi) is 5.61. The maximum Gasteiger partial charge on any atom is 0.225 e. The smallest absolute Gasteiger partial charge is 0.225 e. The highest BCUT2D eigenvalue weighted by atomic mass is 79.9. The van der Waals surface area contributed by atoms with Crippen LogP contribution in [0.1, 0.15) is 31.2 Å². The molecular weight excluding hydrogens is 316 g/mol. The second-order valence-electron chi connectivity index (χ2n) is 5.71. The zero-order valence-corrected chi connectivity index (χ0v) is 13.6. The van der Waals surface area contributed by atoms with Gasteiger partial charge in [0.05, 0.1) is 0 Å². The average molecular weight is 339 g/mol. The third-order valence-corrected chi connectivity index (χ3v) is 4.95. The number of hydrogen-bond donors (Lipinski definition) is 1. The number of hydrogen-bond acceptors (Lipinski definition) is 2. The van der Waals surface area contributed by atoms with E-state index in [1.165, 1.54) is 5.56 Å². The normalized spacial score (nSPS) is 22.6. The predicted molar refractivity (Wildman–Crippen MR) is 85.4 cm³/mol. The highest BCUT2D eigenvalue weighted by Crippen LogP contribution is 2.25. The van der Waals surface area contributed by atoms with E-state index in [0.717, 1.165) is 43.1 Å². The summed E-state index contributed by atoms with van der Waals surface area (Å²) in [7, 11) is 1.91. The molecule has 2 rings (SSSR count). The second-order valence-corrected chi connectivity index (χ2v) is 6.57. The molecule has 20 heavy (non-hydrogen) atoms. The molecule has 1 saturated carbocycles. The standard InChI is InChI=1S/C16H23BrN2O/c1-19(11-10-12-4-2-3-5-15(12)17)16(20)13-6-8-14(18)9-7-13/h2-5,13-14H,6-11,18H2,1H3. The summed E-state index contributed by atoms with van der Waals surface area (Å²) in [5.41, 5.74) is 7.14. The van der Waals surface area contributed by atoms with E-state index < -0.39 is 0 Å². The first-order chi connectivity index (χ1) is 9.58. The van der Waals surface area contributed by atoms with Crippen LogP contribution in [0.5, 0.6) is 0 Å². The maximum atomic E-state index is 12.4. The lowest BCUT2D eigenvalue weighted by Crippen LogP contribution is -2.38. The van der Waals surface area contributed by atoms with E-state index in [4.69, 9.17) is 5.73 Å². The zero-order chi connectivity index (χ0) is 14.5. The summed E-state index contributed by atoms with van der Waals surface area (Å²) < 4.78 is 1.12. The first kappa shape index (κ1) is 15.5. The van der Waals surface area contributed by atoms with E-state index in [0.29, 0.717) is 6.04 Å². The highest BCUT2D eigenvalue weighted by Gasteiger charge is 2.26. The van der Waals surface area contributed by atoms with E-state index in [9.17, 15) is 4.79 Å². The van der Waals surface area contributed by atoms with E-state index >= 15 is 0 Å². The number of benzene rings is 1. The number of halogens is 1. The Labute approximate surface area is 129 Å². The van der Waals surface area contributed by atoms with Crippen molar-refractivity contribution in [2.45, 2.75) is 38.1 Å².